The highest BCUT2D eigenvalue weighted by Crippen LogP contribution is 2.27. The molecule has 1 fully saturated rings. The van der Waals surface area contributed by atoms with Gasteiger partial charge in [0.15, 0.2) is 0 Å². The molecule has 15 heavy (non-hydrogen) atoms. The van der Waals surface area contributed by atoms with Gasteiger partial charge in [-0.3, -0.25) is 0 Å². The molecule has 0 amide bonds. The van der Waals surface area contributed by atoms with Gasteiger partial charge in [-0.05, 0) is 25.0 Å². The molecular formula is C12H16BrNO. The molecule has 1 saturated carbocycles. The van der Waals surface area contributed by atoms with Gasteiger partial charge in [0.25, 0.3) is 0 Å². The van der Waals surface area contributed by atoms with Gasteiger partial charge in [-0.25, -0.2) is 0 Å². The lowest BCUT2D eigenvalue weighted by Crippen LogP contribution is -2.34. The molecule has 0 saturated heterocycles. The molecule has 0 radical (unpaired) electrons. The van der Waals surface area contributed by atoms with Gasteiger partial charge in [0.2, 0.25) is 0 Å². The maximum Gasteiger partial charge on any atom is 0.124 e. The average molecular weight is 270 g/mol. The summed E-state index contributed by atoms with van der Waals surface area (Å²) in [5.74, 6) is 0.955. The lowest BCUT2D eigenvalue weighted by molar-refractivity contribution is 0.334. The second kappa shape index (κ2) is 4.99. The molecule has 1 aliphatic carbocycles. The van der Waals surface area contributed by atoms with E-state index in [1.54, 1.807) is 7.11 Å². The van der Waals surface area contributed by atoms with Crippen LogP contribution >= 0.6 is 15.9 Å². The summed E-state index contributed by atoms with van der Waals surface area (Å²) in [6.07, 6.45) is 3.99. The highest BCUT2D eigenvalue weighted by atomic mass is 79.9. The van der Waals surface area contributed by atoms with Crippen molar-refractivity contribution in [2.24, 2.45) is 0 Å². The van der Waals surface area contributed by atoms with Crippen LogP contribution in [0.2, 0.25) is 0 Å². The molecule has 0 bridgehead atoms. The number of hydrogen-bond acceptors (Lipinski definition) is 2. The van der Waals surface area contributed by atoms with Crippen LogP contribution in [0, 0.1) is 0 Å². The Morgan fingerprint density at radius 1 is 1.47 bits per heavy atom. The van der Waals surface area contributed by atoms with Crippen molar-refractivity contribution in [2.45, 2.75) is 31.8 Å². The van der Waals surface area contributed by atoms with Gasteiger partial charge in [0, 0.05) is 22.6 Å². The second-order valence-electron chi connectivity index (χ2n) is 3.93. The third kappa shape index (κ3) is 2.52. The summed E-state index contributed by atoms with van der Waals surface area (Å²) in [6.45, 7) is 0.884. The zero-order chi connectivity index (χ0) is 10.7. The molecule has 1 aromatic carbocycles. The summed E-state index contributed by atoms with van der Waals surface area (Å²) in [5.41, 5.74) is 1.21. The topological polar surface area (TPSA) is 21.3 Å². The van der Waals surface area contributed by atoms with Crippen molar-refractivity contribution in [3.05, 3.63) is 28.2 Å². The Kier molecular flexibility index (Phi) is 3.65. The third-order valence-corrected chi connectivity index (χ3v) is 3.71. The van der Waals surface area contributed by atoms with E-state index in [4.69, 9.17) is 4.74 Å². The SMILES string of the molecule is COc1cccc(Br)c1CNC1CCC1. The molecule has 82 valence electrons. The predicted octanol–water partition coefficient (Wildman–Crippen LogP) is 3.10. The number of benzene rings is 1. The summed E-state index contributed by atoms with van der Waals surface area (Å²) in [5, 5.41) is 3.54. The van der Waals surface area contributed by atoms with E-state index in [-0.39, 0.29) is 0 Å². The Labute approximate surface area is 99.1 Å². The van der Waals surface area contributed by atoms with E-state index in [0.29, 0.717) is 6.04 Å². The predicted molar refractivity (Wildman–Crippen MR) is 65.2 cm³/mol. The van der Waals surface area contributed by atoms with Crippen LogP contribution in [-0.2, 0) is 6.54 Å². The van der Waals surface area contributed by atoms with Crippen LogP contribution in [0.1, 0.15) is 24.8 Å². The molecular weight excluding hydrogens is 254 g/mol. The van der Waals surface area contributed by atoms with Gasteiger partial charge in [-0.15, -0.1) is 0 Å². The van der Waals surface area contributed by atoms with E-state index in [0.717, 1.165) is 16.8 Å². The first-order valence-corrected chi connectivity index (χ1v) is 6.15. The average Bonchev–Trinajstić information content (AvgIpc) is 2.17. The number of halogens is 1. The van der Waals surface area contributed by atoms with Gasteiger partial charge in [-0.1, -0.05) is 28.4 Å². The maximum absolute atomic E-state index is 5.34. The first kappa shape index (κ1) is 11.0. The fourth-order valence-electron chi connectivity index (χ4n) is 1.76. The number of rotatable bonds is 4. The van der Waals surface area contributed by atoms with Gasteiger partial charge in [-0.2, -0.15) is 0 Å². The summed E-state index contributed by atoms with van der Waals surface area (Å²) in [6, 6.07) is 6.76. The van der Waals surface area contributed by atoms with Gasteiger partial charge in [0.05, 0.1) is 7.11 Å². The Morgan fingerprint density at radius 2 is 2.27 bits per heavy atom. The van der Waals surface area contributed by atoms with E-state index < -0.39 is 0 Å². The lowest BCUT2D eigenvalue weighted by atomic mass is 9.93. The van der Waals surface area contributed by atoms with Crippen LogP contribution in [0.15, 0.2) is 22.7 Å². The Hall–Kier alpha value is -0.540. The highest BCUT2D eigenvalue weighted by Gasteiger charge is 2.17. The van der Waals surface area contributed by atoms with Crippen LogP contribution in [-0.4, -0.2) is 13.2 Å². The monoisotopic (exact) mass is 269 g/mol. The summed E-state index contributed by atoms with van der Waals surface area (Å²) < 4.78 is 6.46. The van der Waals surface area contributed by atoms with Crippen LogP contribution in [0.5, 0.6) is 5.75 Å². The molecule has 0 heterocycles. The number of ether oxygens (including phenoxy) is 1. The third-order valence-electron chi connectivity index (χ3n) is 2.97. The fourth-order valence-corrected chi connectivity index (χ4v) is 2.25. The van der Waals surface area contributed by atoms with Gasteiger partial charge >= 0.3 is 0 Å². The van der Waals surface area contributed by atoms with Crippen molar-refractivity contribution in [3.8, 4) is 5.75 Å². The van der Waals surface area contributed by atoms with E-state index in [9.17, 15) is 0 Å². The molecule has 1 N–H and O–H groups in total. The van der Waals surface area contributed by atoms with E-state index in [1.165, 1.54) is 24.8 Å². The van der Waals surface area contributed by atoms with Crippen molar-refractivity contribution >= 4 is 15.9 Å². The largest absolute Gasteiger partial charge is 0.496 e. The summed E-state index contributed by atoms with van der Waals surface area (Å²) in [7, 11) is 1.72. The number of nitrogens with one attached hydrogen (secondary N) is 1. The van der Waals surface area contributed by atoms with Gasteiger partial charge < -0.3 is 10.1 Å². The van der Waals surface area contributed by atoms with E-state index in [1.807, 2.05) is 12.1 Å². The van der Waals surface area contributed by atoms with Crippen molar-refractivity contribution in [1.82, 2.24) is 5.32 Å². The Bertz CT molecular complexity index is 336. The van der Waals surface area contributed by atoms with Crippen molar-refractivity contribution in [3.63, 3.8) is 0 Å². The van der Waals surface area contributed by atoms with Crippen molar-refractivity contribution < 1.29 is 4.74 Å². The first-order chi connectivity index (χ1) is 7.31. The summed E-state index contributed by atoms with van der Waals surface area (Å²) in [4.78, 5) is 0. The van der Waals surface area contributed by atoms with Crippen LogP contribution in [0.25, 0.3) is 0 Å². The molecule has 1 aliphatic rings. The Morgan fingerprint density at radius 3 is 2.87 bits per heavy atom. The molecule has 0 spiro atoms. The van der Waals surface area contributed by atoms with E-state index in [2.05, 4.69) is 27.3 Å². The van der Waals surface area contributed by atoms with Crippen LogP contribution < -0.4 is 10.1 Å². The van der Waals surface area contributed by atoms with Crippen LogP contribution in [0.3, 0.4) is 0 Å². The first-order valence-electron chi connectivity index (χ1n) is 5.36. The summed E-state index contributed by atoms with van der Waals surface area (Å²) >= 11 is 3.56. The normalized spacial score (nSPS) is 16.1. The smallest absolute Gasteiger partial charge is 0.124 e. The van der Waals surface area contributed by atoms with Crippen molar-refractivity contribution in [2.75, 3.05) is 7.11 Å². The quantitative estimate of drug-likeness (QED) is 0.907. The minimum absolute atomic E-state index is 0.710. The molecule has 2 rings (SSSR count). The van der Waals surface area contributed by atoms with Crippen LogP contribution in [0.4, 0.5) is 0 Å². The van der Waals surface area contributed by atoms with Gasteiger partial charge in [0.1, 0.15) is 5.75 Å². The van der Waals surface area contributed by atoms with Crippen molar-refractivity contribution in [1.29, 1.82) is 0 Å². The molecule has 3 heteroatoms. The molecule has 0 aliphatic heterocycles. The van der Waals surface area contributed by atoms with E-state index >= 15 is 0 Å². The minimum atomic E-state index is 0.710. The molecule has 1 aromatic rings. The fraction of sp³-hybridized carbons (Fsp3) is 0.500. The number of hydrogen-bond donors (Lipinski definition) is 1. The molecule has 0 unspecified atom stereocenters. The minimum Gasteiger partial charge on any atom is -0.496 e. The second-order valence-corrected chi connectivity index (χ2v) is 4.78. The number of methoxy groups -OCH3 is 1. The lowest BCUT2D eigenvalue weighted by Gasteiger charge is -2.27. The zero-order valence-electron chi connectivity index (χ0n) is 8.92. The molecule has 2 nitrogen and oxygen atoms in total. The highest BCUT2D eigenvalue weighted by molar-refractivity contribution is 9.10. The molecule has 0 atom stereocenters. The standard InChI is InChI=1S/C12H16BrNO/c1-15-12-7-3-6-11(13)10(12)8-14-9-4-2-5-9/h3,6-7,9,14H,2,4-5,8H2,1H3. The molecule has 0 aromatic heterocycles. The maximum atomic E-state index is 5.34. The zero-order valence-corrected chi connectivity index (χ0v) is 10.5. The Balaban J connectivity index is 2.04.